The monoisotopic (exact) mass is 309 g/mol. The number of hydrogen-bond donors (Lipinski definition) is 4. The fraction of sp³-hybridized carbons (Fsp3) is 0.700. The number of carbonyl (C=O) groups is 3. The molecule has 0 saturated heterocycles. The number of hydrogen-bond acceptors (Lipinski definition) is 5. The first-order valence-electron chi connectivity index (χ1n) is 5.82. The first-order chi connectivity index (χ1) is 9.11. The third-order valence-electron chi connectivity index (χ3n) is 3.17. The van der Waals surface area contributed by atoms with E-state index < -0.39 is 51.6 Å². The second kappa shape index (κ2) is 6.18. The largest absolute Gasteiger partial charge is 0.481 e. The zero-order valence-corrected chi connectivity index (χ0v) is 11.2. The van der Waals surface area contributed by atoms with Crippen LogP contribution in [0.15, 0.2) is 0 Å². The van der Waals surface area contributed by atoms with Crippen LogP contribution in [0.4, 0.5) is 0 Å². The first-order valence-corrected chi connectivity index (χ1v) is 7.33. The highest BCUT2D eigenvalue weighted by atomic mass is 32.2. The summed E-state index contributed by atoms with van der Waals surface area (Å²) in [6.07, 6.45) is -0.580. The minimum Gasteiger partial charge on any atom is -0.481 e. The Labute approximate surface area is 114 Å². The molecule has 0 radical (unpaired) electrons. The molecular formula is C10H15NO8S. The second-order valence-electron chi connectivity index (χ2n) is 4.64. The molecule has 114 valence electrons. The zero-order valence-electron chi connectivity index (χ0n) is 10.4. The molecule has 0 heterocycles. The van der Waals surface area contributed by atoms with E-state index in [2.05, 4.69) is 5.32 Å². The third kappa shape index (κ3) is 4.46. The van der Waals surface area contributed by atoms with Crippen LogP contribution in [0.2, 0.25) is 0 Å². The van der Waals surface area contributed by atoms with Crippen molar-refractivity contribution < 1.29 is 37.6 Å². The van der Waals surface area contributed by atoms with Gasteiger partial charge in [-0.15, -0.1) is 0 Å². The summed E-state index contributed by atoms with van der Waals surface area (Å²) >= 11 is 0. The highest BCUT2D eigenvalue weighted by Crippen LogP contribution is 2.30. The number of nitrogens with one attached hydrogen (secondary N) is 1. The molecule has 0 aromatic rings. The SMILES string of the molecule is O=C(O)C[C@H](NC(=O)C1CCC(S(=O)(=O)O)C1)C(=O)O. The maximum atomic E-state index is 11.8. The van der Waals surface area contributed by atoms with Crippen molar-refractivity contribution in [2.45, 2.75) is 37.0 Å². The molecule has 1 saturated carbocycles. The van der Waals surface area contributed by atoms with Gasteiger partial charge in [0.25, 0.3) is 10.1 Å². The van der Waals surface area contributed by atoms with Crippen LogP contribution in [0, 0.1) is 5.92 Å². The molecule has 1 rings (SSSR count). The smallest absolute Gasteiger partial charge is 0.326 e. The van der Waals surface area contributed by atoms with Gasteiger partial charge in [0.15, 0.2) is 0 Å². The van der Waals surface area contributed by atoms with E-state index in [4.69, 9.17) is 14.8 Å². The Balaban J connectivity index is 2.63. The summed E-state index contributed by atoms with van der Waals surface area (Å²) < 4.78 is 30.7. The number of carboxylic acid groups (broad SMARTS) is 2. The molecule has 3 atom stereocenters. The molecule has 1 fully saturated rings. The Morgan fingerprint density at radius 2 is 1.80 bits per heavy atom. The van der Waals surface area contributed by atoms with E-state index in [1.807, 2.05) is 0 Å². The van der Waals surface area contributed by atoms with Crippen LogP contribution >= 0.6 is 0 Å². The minimum atomic E-state index is -4.22. The fourth-order valence-corrected chi connectivity index (χ4v) is 3.02. The van der Waals surface area contributed by atoms with Crippen LogP contribution < -0.4 is 5.32 Å². The van der Waals surface area contributed by atoms with Gasteiger partial charge in [-0.1, -0.05) is 0 Å². The van der Waals surface area contributed by atoms with E-state index in [1.54, 1.807) is 0 Å². The molecule has 0 aromatic heterocycles. The molecule has 9 nitrogen and oxygen atoms in total. The normalized spacial score (nSPS) is 24.1. The highest BCUT2D eigenvalue weighted by Gasteiger charge is 2.37. The van der Waals surface area contributed by atoms with E-state index in [0.717, 1.165) is 0 Å². The molecule has 4 N–H and O–H groups in total. The van der Waals surface area contributed by atoms with Crippen molar-refractivity contribution >= 4 is 28.0 Å². The zero-order chi connectivity index (χ0) is 15.5. The Morgan fingerprint density at radius 3 is 2.20 bits per heavy atom. The van der Waals surface area contributed by atoms with Gasteiger partial charge in [-0.2, -0.15) is 8.42 Å². The third-order valence-corrected chi connectivity index (χ3v) is 4.44. The molecular weight excluding hydrogens is 294 g/mol. The molecule has 0 spiro atoms. The van der Waals surface area contributed by atoms with E-state index in [9.17, 15) is 22.8 Å². The predicted octanol–water partition coefficient (Wildman–Crippen LogP) is -0.913. The van der Waals surface area contributed by atoms with Crippen molar-refractivity contribution in [3.63, 3.8) is 0 Å². The summed E-state index contributed by atoms with van der Waals surface area (Å²) in [4.78, 5) is 33.0. The number of rotatable bonds is 6. The molecule has 1 aliphatic carbocycles. The molecule has 1 aliphatic rings. The summed E-state index contributed by atoms with van der Waals surface area (Å²) in [7, 11) is -4.22. The lowest BCUT2D eigenvalue weighted by Gasteiger charge is -2.15. The van der Waals surface area contributed by atoms with E-state index >= 15 is 0 Å². The topological polar surface area (TPSA) is 158 Å². The Bertz CT molecular complexity index is 513. The summed E-state index contributed by atoms with van der Waals surface area (Å²) in [5.74, 6) is -4.33. The lowest BCUT2D eigenvalue weighted by atomic mass is 10.1. The van der Waals surface area contributed by atoms with Crippen molar-refractivity contribution in [2.24, 2.45) is 5.92 Å². The minimum absolute atomic E-state index is 0.105. The van der Waals surface area contributed by atoms with Gasteiger partial charge >= 0.3 is 11.9 Å². The van der Waals surface area contributed by atoms with E-state index in [1.165, 1.54) is 0 Å². The van der Waals surface area contributed by atoms with Crippen LogP contribution in [-0.4, -0.2) is 52.3 Å². The average molecular weight is 309 g/mol. The molecule has 20 heavy (non-hydrogen) atoms. The molecule has 0 aliphatic heterocycles. The molecule has 2 unspecified atom stereocenters. The fourth-order valence-electron chi connectivity index (χ4n) is 2.11. The summed E-state index contributed by atoms with van der Waals surface area (Å²) in [6, 6.07) is -1.57. The van der Waals surface area contributed by atoms with Crippen molar-refractivity contribution in [3.8, 4) is 0 Å². The lowest BCUT2D eigenvalue weighted by Crippen LogP contribution is -2.44. The summed E-state index contributed by atoms with van der Waals surface area (Å²) in [5.41, 5.74) is 0. The Kier molecular flexibility index (Phi) is 5.06. The van der Waals surface area contributed by atoms with Crippen LogP contribution in [0.25, 0.3) is 0 Å². The van der Waals surface area contributed by atoms with Crippen molar-refractivity contribution in [1.82, 2.24) is 5.32 Å². The molecule has 10 heteroatoms. The summed E-state index contributed by atoms with van der Waals surface area (Å²) in [6.45, 7) is 0. The molecule has 1 amide bonds. The van der Waals surface area contributed by atoms with Gasteiger partial charge < -0.3 is 15.5 Å². The quantitative estimate of drug-likeness (QED) is 0.459. The van der Waals surface area contributed by atoms with E-state index in [0.29, 0.717) is 0 Å². The maximum Gasteiger partial charge on any atom is 0.326 e. The lowest BCUT2D eigenvalue weighted by molar-refractivity contribution is -0.147. The van der Waals surface area contributed by atoms with Crippen LogP contribution in [0.3, 0.4) is 0 Å². The number of amides is 1. The van der Waals surface area contributed by atoms with Crippen LogP contribution in [0.5, 0.6) is 0 Å². The van der Waals surface area contributed by atoms with Gasteiger partial charge in [0.05, 0.1) is 11.7 Å². The average Bonchev–Trinajstić information content (AvgIpc) is 2.75. The molecule has 0 aromatic carbocycles. The van der Waals surface area contributed by atoms with E-state index in [-0.39, 0.29) is 19.3 Å². The van der Waals surface area contributed by atoms with Crippen LogP contribution in [-0.2, 0) is 24.5 Å². The number of carbonyl (C=O) groups excluding carboxylic acids is 1. The van der Waals surface area contributed by atoms with Crippen molar-refractivity contribution in [2.75, 3.05) is 0 Å². The Morgan fingerprint density at radius 1 is 1.20 bits per heavy atom. The Hall–Kier alpha value is -1.68. The molecule has 0 bridgehead atoms. The van der Waals surface area contributed by atoms with Crippen molar-refractivity contribution in [1.29, 1.82) is 0 Å². The number of carboxylic acids is 2. The van der Waals surface area contributed by atoms with Gasteiger partial charge in [-0.25, -0.2) is 4.79 Å². The second-order valence-corrected chi connectivity index (χ2v) is 6.34. The van der Waals surface area contributed by atoms with Gasteiger partial charge in [0.1, 0.15) is 6.04 Å². The van der Waals surface area contributed by atoms with Gasteiger partial charge in [0, 0.05) is 5.92 Å². The maximum absolute atomic E-state index is 11.8. The predicted molar refractivity (Wildman–Crippen MR) is 64.5 cm³/mol. The van der Waals surface area contributed by atoms with Gasteiger partial charge in [-0.05, 0) is 19.3 Å². The van der Waals surface area contributed by atoms with Gasteiger partial charge in [0.2, 0.25) is 5.91 Å². The number of aliphatic carboxylic acids is 2. The van der Waals surface area contributed by atoms with Gasteiger partial charge in [-0.3, -0.25) is 14.1 Å². The summed E-state index contributed by atoms with van der Waals surface area (Å²) in [5, 5.41) is 18.3. The standard InChI is InChI=1S/C10H15NO8S/c12-8(13)4-7(10(15)16)11-9(14)5-1-2-6(3-5)20(17,18)19/h5-7H,1-4H2,(H,11,14)(H,12,13)(H,15,16)(H,17,18,19)/t5?,6?,7-/m0/s1. The highest BCUT2D eigenvalue weighted by molar-refractivity contribution is 7.86. The van der Waals surface area contributed by atoms with Crippen molar-refractivity contribution in [3.05, 3.63) is 0 Å². The first kappa shape index (κ1) is 16.4. The van der Waals surface area contributed by atoms with Crippen LogP contribution in [0.1, 0.15) is 25.7 Å².